The summed E-state index contributed by atoms with van der Waals surface area (Å²) in [6, 6.07) is 0.589. The van der Waals surface area contributed by atoms with Crippen LogP contribution in [0, 0.1) is 0 Å². The zero-order valence-electron chi connectivity index (χ0n) is 9.71. The summed E-state index contributed by atoms with van der Waals surface area (Å²) in [6.07, 6.45) is 3.99. The minimum Gasteiger partial charge on any atom is -0.329 e. The fourth-order valence-electron chi connectivity index (χ4n) is 2.13. The van der Waals surface area contributed by atoms with E-state index in [0.717, 1.165) is 13.1 Å². The second-order valence-electron chi connectivity index (χ2n) is 4.39. The van der Waals surface area contributed by atoms with Crippen molar-refractivity contribution in [3.05, 3.63) is 0 Å². The topological polar surface area (TPSA) is 32.5 Å². The number of unbranched alkanes of at least 4 members (excludes halogenated alkanes) is 2. The lowest BCUT2D eigenvalue weighted by molar-refractivity contribution is 0.0928. The number of nitrogens with two attached hydrogens (primary N) is 1. The Morgan fingerprint density at radius 2 is 2.07 bits per heavy atom. The van der Waals surface area contributed by atoms with Crippen LogP contribution >= 0.6 is 0 Å². The summed E-state index contributed by atoms with van der Waals surface area (Å²) in [5.74, 6) is 0. The molecule has 1 fully saturated rings. The molecule has 1 unspecified atom stereocenters. The van der Waals surface area contributed by atoms with Crippen molar-refractivity contribution < 1.29 is 0 Å². The van der Waals surface area contributed by atoms with Gasteiger partial charge in [0.1, 0.15) is 0 Å². The molecule has 0 aromatic heterocycles. The fraction of sp³-hybridized carbons (Fsp3) is 1.00. The van der Waals surface area contributed by atoms with E-state index in [1.165, 1.54) is 38.9 Å². The monoisotopic (exact) mass is 199 g/mol. The van der Waals surface area contributed by atoms with Gasteiger partial charge in [0.2, 0.25) is 0 Å². The van der Waals surface area contributed by atoms with Crippen molar-refractivity contribution >= 4 is 0 Å². The molecule has 84 valence electrons. The average molecular weight is 199 g/mol. The zero-order valence-corrected chi connectivity index (χ0v) is 9.71. The number of piperazine rings is 1. The van der Waals surface area contributed by atoms with Crippen molar-refractivity contribution in [1.82, 2.24) is 9.80 Å². The van der Waals surface area contributed by atoms with Gasteiger partial charge in [-0.2, -0.15) is 0 Å². The molecule has 0 bridgehead atoms. The van der Waals surface area contributed by atoms with Crippen LogP contribution in [0.4, 0.5) is 0 Å². The highest BCUT2D eigenvalue weighted by molar-refractivity contribution is 4.81. The van der Waals surface area contributed by atoms with Crippen molar-refractivity contribution in [1.29, 1.82) is 0 Å². The van der Waals surface area contributed by atoms with E-state index < -0.39 is 0 Å². The van der Waals surface area contributed by atoms with Crippen molar-refractivity contribution in [3.63, 3.8) is 0 Å². The molecule has 2 N–H and O–H groups in total. The van der Waals surface area contributed by atoms with E-state index in [-0.39, 0.29) is 0 Å². The van der Waals surface area contributed by atoms with Gasteiger partial charge in [0.15, 0.2) is 0 Å². The molecule has 1 aliphatic heterocycles. The van der Waals surface area contributed by atoms with Crippen LogP contribution in [0.3, 0.4) is 0 Å². The van der Waals surface area contributed by atoms with Crippen LogP contribution in [0.15, 0.2) is 0 Å². The number of hydrogen-bond donors (Lipinski definition) is 1. The van der Waals surface area contributed by atoms with Gasteiger partial charge in [-0.15, -0.1) is 0 Å². The molecule has 1 saturated heterocycles. The van der Waals surface area contributed by atoms with Gasteiger partial charge in [-0.3, -0.25) is 4.90 Å². The second kappa shape index (κ2) is 6.38. The molecule has 0 aliphatic carbocycles. The number of rotatable bonds is 5. The quantitative estimate of drug-likeness (QED) is 0.663. The maximum absolute atomic E-state index is 5.79. The predicted octanol–water partition coefficient (Wildman–Crippen LogP) is 0.751. The third-order valence-corrected chi connectivity index (χ3v) is 3.13. The van der Waals surface area contributed by atoms with Crippen molar-refractivity contribution in [2.75, 3.05) is 39.8 Å². The van der Waals surface area contributed by atoms with Gasteiger partial charge in [0, 0.05) is 32.2 Å². The van der Waals surface area contributed by atoms with Gasteiger partial charge in [-0.25, -0.2) is 0 Å². The molecule has 1 atom stereocenters. The van der Waals surface area contributed by atoms with E-state index in [1.54, 1.807) is 0 Å². The summed E-state index contributed by atoms with van der Waals surface area (Å²) in [4.78, 5) is 4.95. The zero-order chi connectivity index (χ0) is 10.4. The lowest BCUT2D eigenvalue weighted by atomic mass is 10.1. The van der Waals surface area contributed by atoms with E-state index >= 15 is 0 Å². The van der Waals surface area contributed by atoms with Crippen LogP contribution < -0.4 is 5.73 Å². The van der Waals surface area contributed by atoms with Crippen LogP contribution in [0.2, 0.25) is 0 Å². The molecule has 0 amide bonds. The minimum absolute atomic E-state index is 0.589. The fourth-order valence-corrected chi connectivity index (χ4v) is 2.13. The number of hydrogen-bond acceptors (Lipinski definition) is 3. The first-order valence-corrected chi connectivity index (χ1v) is 5.90. The maximum Gasteiger partial charge on any atom is 0.0346 e. The minimum atomic E-state index is 0.589. The van der Waals surface area contributed by atoms with Crippen molar-refractivity contribution in [2.45, 2.75) is 32.2 Å². The van der Waals surface area contributed by atoms with Crippen LogP contribution in [-0.2, 0) is 0 Å². The van der Waals surface area contributed by atoms with Crippen LogP contribution in [-0.4, -0.2) is 55.6 Å². The highest BCUT2D eigenvalue weighted by atomic mass is 15.3. The molecular weight excluding hydrogens is 174 g/mol. The first-order valence-electron chi connectivity index (χ1n) is 5.90. The number of nitrogens with zero attached hydrogens (tertiary/aromatic N) is 2. The van der Waals surface area contributed by atoms with Crippen LogP contribution in [0.5, 0.6) is 0 Å². The Balaban J connectivity index is 2.27. The molecule has 14 heavy (non-hydrogen) atoms. The lowest BCUT2D eigenvalue weighted by Crippen LogP contribution is -2.54. The molecule has 3 heteroatoms. The molecule has 0 saturated carbocycles. The highest BCUT2D eigenvalue weighted by Gasteiger charge is 2.22. The Bertz CT molecular complexity index is 149. The largest absolute Gasteiger partial charge is 0.329 e. The smallest absolute Gasteiger partial charge is 0.0346 e. The molecule has 3 nitrogen and oxygen atoms in total. The summed E-state index contributed by atoms with van der Waals surface area (Å²) in [7, 11) is 2.19. The Morgan fingerprint density at radius 3 is 2.71 bits per heavy atom. The molecule has 0 spiro atoms. The Hall–Kier alpha value is -0.120. The first-order chi connectivity index (χ1) is 6.77. The van der Waals surface area contributed by atoms with Gasteiger partial charge in [0.25, 0.3) is 0 Å². The summed E-state index contributed by atoms with van der Waals surface area (Å²) in [6.45, 7) is 7.83. The molecular formula is C11H25N3. The van der Waals surface area contributed by atoms with Crippen LogP contribution in [0.25, 0.3) is 0 Å². The second-order valence-corrected chi connectivity index (χ2v) is 4.39. The Labute approximate surface area is 88.2 Å². The maximum atomic E-state index is 5.79. The molecule has 1 heterocycles. The van der Waals surface area contributed by atoms with Gasteiger partial charge in [-0.1, -0.05) is 19.8 Å². The number of likely N-dealkylation sites (N-methyl/N-ethyl adjacent to an activating group) is 1. The van der Waals surface area contributed by atoms with E-state index in [2.05, 4.69) is 23.8 Å². The van der Waals surface area contributed by atoms with Gasteiger partial charge >= 0.3 is 0 Å². The SMILES string of the molecule is CCCCCN1CCN(C)CC1CN. The molecule has 0 aromatic rings. The molecule has 0 radical (unpaired) electrons. The summed E-state index contributed by atoms with van der Waals surface area (Å²) in [5, 5.41) is 0. The third kappa shape index (κ3) is 3.56. The summed E-state index contributed by atoms with van der Waals surface area (Å²) >= 11 is 0. The van der Waals surface area contributed by atoms with Crippen molar-refractivity contribution in [3.8, 4) is 0 Å². The van der Waals surface area contributed by atoms with Gasteiger partial charge in [-0.05, 0) is 20.0 Å². The highest BCUT2D eigenvalue weighted by Crippen LogP contribution is 2.09. The van der Waals surface area contributed by atoms with E-state index in [1.807, 2.05) is 0 Å². The molecule has 1 rings (SSSR count). The summed E-state index contributed by atoms with van der Waals surface area (Å²) in [5.41, 5.74) is 5.79. The molecule has 0 aromatic carbocycles. The summed E-state index contributed by atoms with van der Waals surface area (Å²) < 4.78 is 0. The van der Waals surface area contributed by atoms with Gasteiger partial charge in [0.05, 0.1) is 0 Å². The van der Waals surface area contributed by atoms with Crippen LogP contribution in [0.1, 0.15) is 26.2 Å². The normalized spacial score (nSPS) is 25.5. The van der Waals surface area contributed by atoms with E-state index in [4.69, 9.17) is 5.73 Å². The Kier molecular flexibility index (Phi) is 5.45. The first kappa shape index (κ1) is 12.0. The van der Waals surface area contributed by atoms with Gasteiger partial charge < -0.3 is 10.6 Å². The predicted molar refractivity (Wildman–Crippen MR) is 61.4 cm³/mol. The van der Waals surface area contributed by atoms with Crippen molar-refractivity contribution in [2.24, 2.45) is 5.73 Å². The van der Waals surface area contributed by atoms with E-state index in [9.17, 15) is 0 Å². The lowest BCUT2D eigenvalue weighted by Gasteiger charge is -2.39. The standard InChI is InChI=1S/C11H25N3/c1-3-4-5-6-14-8-7-13(2)10-11(14)9-12/h11H,3-10,12H2,1-2H3. The third-order valence-electron chi connectivity index (χ3n) is 3.13. The average Bonchev–Trinajstić information content (AvgIpc) is 2.20. The molecule has 1 aliphatic rings. The Morgan fingerprint density at radius 1 is 1.29 bits per heavy atom. The van der Waals surface area contributed by atoms with E-state index in [0.29, 0.717) is 6.04 Å².